The van der Waals surface area contributed by atoms with Crippen molar-refractivity contribution in [2.24, 2.45) is 0 Å². The second-order valence-corrected chi connectivity index (χ2v) is 3.27. The van der Waals surface area contributed by atoms with Gasteiger partial charge in [0.15, 0.2) is 11.6 Å². The average molecular weight is 237 g/mol. The smallest absolute Gasteiger partial charge is 0.202 e. The summed E-state index contributed by atoms with van der Waals surface area (Å²) >= 11 is 0. The number of anilines is 1. The number of rotatable bonds is 3. The van der Waals surface area contributed by atoms with E-state index in [-0.39, 0.29) is 18.0 Å². The molecule has 2 N–H and O–H groups in total. The molecule has 88 valence electrons. The zero-order valence-corrected chi connectivity index (χ0v) is 8.73. The minimum absolute atomic E-state index is 0.0294. The van der Waals surface area contributed by atoms with Crippen molar-refractivity contribution in [3.8, 4) is 5.75 Å². The molecule has 0 bridgehead atoms. The van der Waals surface area contributed by atoms with Crippen LogP contribution in [-0.4, -0.2) is 9.97 Å². The van der Waals surface area contributed by atoms with E-state index in [9.17, 15) is 8.78 Å². The summed E-state index contributed by atoms with van der Waals surface area (Å²) in [6.45, 7) is -0.0294. The third-order valence-corrected chi connectivity index (χ3v) is 2.06. The average Bonchev–Trinajstić information content (AvgIpc) is 2.35. The van der Waals surface area contributed by atoms with Gasteiger partial charge in [0.05, 0.1) is 17.6 Å². The number of aromatic nitrogens is 2. The number of ether oxygens (including phenoxy) is 1. The first kappa shape index (κ1) is 11.3. The maximum atomic E-state index is 13.3. The van der Waals surface area contributed by atoms with Gasteiger partial charge in [0.1, 0.15) is 6.61 Å². The molecule has 1 heterocycles. The Hall–Kier alpha value is -2.24. The lowest BCUT2D eigenvalue weighted by molar-refractivity contribution is 0.282. The summed E-state index contributed by atoms with van der Waals surface area (Å²) in [7, 11) is 0. The van der Waals surface area contributed by atoms with Gasteiger partial charge in [0.25, 0.3) is 0 Å². The lowest BCUT2D eigenvalue weighted by Crippen LogP contribution is -2.04. The minimum atomic E-state index is -1.10. The van der Waals surface area contributed by atoms with Gasteiger partial charge in [-0.15, -0.1) is 0 Å². The molecule has 0 unspecified atom stereocenters. The molecule has 1 aromatic carbocycles. The summed E-state index contributed by atoms with van der Waals surface area (Å²) in [6, 6.07) is 2.18. The summed E-state index contributed by atoms with van der Waals surface area (Å²) in [4.78, 5) is 7.75. The van der Waals surface area contributed by atoms with Crippen LogP contribution >= 0.6 is 0 Å². The second kappa shape index (κ2) is 4.73. The molecule has 6 heteroatoms. The van der Waals surface area contributed by atoms with Crippen molar-refractivity contribution in [3.05, 3.63) is 48.1 Å². The highest BCUT2D eigenvalue weighted by molar-refractivity contribution is 5.53. The van der Waals surface area contributed by atoms with Crippen LogP contribution in [0.15, 0.2) is 30.7 Å². The molecule has 0 aliphatic rings. The van der Waals surface area contributed by atoms with Crippen molar-refractivity contribution >= 4 is 5.69 Å². The maximum Gasteiger partial charge on any atom is 0.202 e. The van der Waals surface area contributed by atoms with Crippen molar-refractivity contribution < 1.29 is 13.5 Å². The zero-order chi connectivity index (χ0) is 12.3. The van der Waals surface area contributed by atoms with E-state index < -0.39 is 11.6 Å². The predicted octanol–water partition coefficient (Wildman–Crippen LogP) is 1.92. The monoisotopic (exact) mass is 237 g/mol. The van der Waals surface area contributed by atoms with E-state index >= 15 is 0 Å². The van der Waals surface area contributed by atoms with Gasteiger partial charge in [-0.1, -0.05) is 0 Å². The van der Waals surface area contributed by atoms with Crippen molar-refractivity contribution in [1.82, 2.24) is 9.97 Å². The molecule has 0 saturated heterocycles. The molecular weight excluding hydrogens is 228 g/mol. The highest BCUT2D eigenvalue weighted by Gasteiger charge is 2.13. The van der Waals surface area contributed by atoms with Crippen molar-refractivity contribution in [3.63, 3.8) is 0 Å². The second-order valence-electron chi connectivity index (χ2n) is 3.27. The quantitative estimate of drug-likeness (QED) is 0.828. The Balaban J connectivity index is 2.17. The van der Waals surface area contributed by atoms with Crippen LogP contribution < -0.4 is 10.5 Å². The molecule has 0 fully saturated rings. The first-order valence-electron chi connectivity index (χ1n) is 4.79. The highest BCUT2D eigenvalue weighted by Crippen LogP contribution is 2.27. The Morgan fingerprint density at radius 3 is 2.76 bits per heavy atom. The Morgan fingerprint density at radius 2 is 2.06 bits per heavy atom. The number of hydrogen-bond acceptors (Lipinski definition) is 4. The number of benzene rings is 1. The molecule has 0 radical (unpaired) electrons. The minimum Gasteiger partial charge on any atom is -0.482 e. The van der Waals surface area contributed by atoms with Gasteiger partial charge < -0.3 is 10.5 Å². The van der Waals surface area contributed by atoms with Gasteiger partial charge in [-0.3, -0.25) is 9.97 Å². The normalized spacial score (nSPS) is 10.2. The molecule has 2 aromatic rings. The molecule has 17 heavy (non-hydrogen) atoms. The first-order chi connectivity index (χ1) is 8.18. The summed E-state index contributed by atoms with van der Waals surface area (Å²) in [5.41, 5.74) is 6.02. The van der Waals surface area contributed by atoms with Crippen molar-refractivity contribution in [2.45, 2.75) is 6.61 Å². The molecule has 4 nitrogen and oxygen atoms in total. The SMILES string of the molecule is Nc1ccc(F)c(F)c1OCc1cnccn1. The Morgan fingerprint density at radius 1 is 1.24 bits per heavy atom. The fraction of sp³-hybridized carbons (Fsp3) is 0.0909. The van der Waals surface area contributed by atoms with E-state index in [0.29, 0.717) is 5.69 Å². The van der Waals surface area contributed by atoms with Crippen LogP contribution in [0.1, 0.15) is 5.69 Å². The fourth-order valence-corrected chi connectivity index (χ4v) is 1.24. The van der Waals surface area contributed by atoms with E-state index in [1.54, 1.807) is 0 Å². The molecule has 0 atom stereocenters. The van der Waals surface area contributed by atoms with Crippen LogP contribution in [0.5, 0.6) is 5.75 Å². The molecule has 2 rings (SSSR count). The number of hydrogen-bond donors (Lipinski definition) is 1. The third-order valence-electron chi connectivity index (χ3n) is 2.06. The lowest BCUT2D eigenvalue weighted by atomic mass is 10.3. The number of halogens is 2. The first-order valence-corrected chi connectivity index (χ1v) is 4.79. The van der Waals surface area contributed by atoms with Crippen molar-refractivity contribution in [2.75, 3.05) is 5.73 Å². The largest absolute Gasteiger partial charge is 0.482 e. The Kier molecular flexibility index (Phi) is 3.13. The number of nitrogens with two attached hydrogens (primary N) is 1. The molecule has 0 saturated carbocycles. The number of nitrogen functional groups attached to an aromatic ring is 1. The Labute approximate surface area is 96.1 Å². The van der Waals surface area contributed by atoms with E-state index in [1.807, 2.05) is 0 Å². The van der Waals surface area contributed by atoms with Crippen LogP contribution in [0.4, 0.5) is 14.5 Å². The van der Waals surface area contributed by atoms with Crippen LogP contribution in [-0.2, 0) is 6.61 Å². The Bertz CT molecular complexity index is 520. The predicted molar refractivity (Wildman–Crippen MR) is 57.1 cm³/mol. The topological polar surface area (TPSA) is 61.0 Å². The van der Waals surface area contributed by atoms with Crippen LogP contribution in [0.3, 0.4) is 0 Å². The molecule has 0 amide bonds. The molecule has 0 aliphatic heterocycles. The van der Waals surface area contributed by atoms with Crippen LogP contribution in [0, 0.1) is 11.6 Å². The molecule has 0 spiro atoms. The molecular formula is C11H9F2N3O. The summed E-state index contributed by atoms with van der Waals surface area (Å²) in [5, 5.41) is 0. The van der Waals surface area contributed by atoms with Gasteiger partial charge in [0.2, 0.25) is 5.82 Å². The summed E-state index contributed by atoms with van der Waals surface area (Å²) in [6.07, 6.45) is 4.44. The van der Waals surface area contributed by atoms with Gasteiger partial charge in [0, 0.05) is 12.4 Å². The fourth-order valence-electron chi connectivity index (χ4n) is 1.24. The van der Waals surface area contributed by atoms with Crippen molar-refractivity contribution in [1.29, 1.82) is 0 Å². The number of nitrogens with zero attached hydrogens (tertiary/aromatic N) is 2. The zero-order valence-electron chi connectivity index (χ0n) is 8.73. The van der Waals surface area contributed by atoms with E-state index in [1.165, 1.54) is 24.7 Å². The van der Waals surface area contributed by atoms with Gasteiger partial charge in [-0.2, -0.15) is 4.39 Å². The lowest BCUT2D eigenvalue weighted by Gasteiger charge is -2.09. The molecule has 1 aromatic heterocycles. The van der Waals surface area contributed by atoms with E-state index in [4.69, 9.17) is 10.5 Å². The van der Waals surface area contributed by atoms with Crippen LogP contribution in [0.2, 0.25) is 0 Å². The molecule has 0 aliphatic carbocycles. The van der Waals surface area contributed by atoms with Crippen LogP contribution in [0.25, 0.3) is 0 Å². The van der Waals surface area contributed by atoms with E-state index in [0.717, 1.165) is 6.07 Å². The van der Waals surface area contributed by atoms with E-state index in [2.05, 4.69) is 9.97 Å². The highest BCUT2D eigenvalue weighted by atomic mass is 19.2. The maximum absolute atomic E-state index is 13.3. The van der Waals surface area contributed by atoms with Gasteiger partial charge >= 0.3 is 0 Å². The summed E-state index contributed by atoms with van der Waals surface area (Å²) in [5.74, 6) is -2.42. The standard InChI is InChI=1S/C11H9F2N3O/c12-8-1-2-9(14)11(10(8)13)17-6-7-5-15-3-4-16-7/h1-5H,6,14H2. The van der Waals surface area contributed by atoms with Gasteiger partial charge in [-0.05, 0) is 12.1 Å². The third kappa shape index (κ3) is 2.47. The van der Waals surface area contributed by atoms with Gasteiger partial charge in [-0.25, -0.2) is 4.39 Å². The summed E-state index contributed by atoms with van der Waals surface area (Å²) < 4.78 is 31.4.